The van der Waals surface area contributed by atoms with Crippen molar-refractivity contribution in [2.45, 2.75) is 64.5 Å². The summed E-state index contributed by atoms with van der Waals surface area (Å²) in [4.78, 5) is 2.51. The summed E-state index contributed by atoms with van der Waals surface area (Å²) in [7, 11) is 0. The highest BCUT2D eigenvalue weighted by atomic mass is 16.3. The molecule has 0 aromatic carbocycles. The van der Waals surface area contributed by atoms with Gasteiger partial charge in [-0.25, -0.2) is 0 Å². The number of hydrogen-bond acceptors (Lipinski definition) is 3. The fourth-order valence-electron chi connectivity index (χ4n) is 2.74. The summed E-state index contributed by atoms with van der Waals surface area (Å²) in [5.41, 5.74) is 0. The van der Waals surface area contributed by atoms with E-state index in [1.807, 2.05) is 0 Å². The molecule has 102 valence electrons. The Morgan fingerprint density at radius 3 is 2.82 bits per heavy atom. The molecular weight excluding hydrogens is 212 g/mol. The predicted octanol–water partition coefficient (Wildman–Crippen LogP) is 2.00. The average molecular weight is 242 g/mol. The fourth-order valence-corrected chi connectivity index (χ4v) is 2.74. The lowest BCUT2D eigenvalue weighted by Crippen LogP contribution is -2.46. The summed E-state index contributed by atoms with van der Waals surface area (Å²) in [6, 6.07) is 0.717. The second-order valence-electron chi connectivity index (χ2n) is 5.29. The Morgan fingerprint density at radius 2 is 2.12 bits per heavy atom. The largest absolute Gasteiger partial charge is 0.390 e. The minimum absolute atomic E-state index is 0.209. The third-order valence-corrected chi connectivity index (χ3v) is 3.62. The third-order valence-electron chi connectivity index (χ3n) is 3.62. The first-order valence-electron chi connectivity index (χ1n) is 7.40. The molecule has 0 spiro atoms. The Hall–Kier alpha value is -0.120. The average Bonchev–Trinajstić information content (AvgIpc) is 2.32. The van der Waals surface area contributed by atoms with Crippen LogP contribution in [0, 0.1) is 0 Å². The summed E-state index contributed by atoms with van der Waals surface area (Å²) >= 11 is 0. The van der Waals surface area contributed by atoms with Crippen LogP contribution in [0.5, 0.6) is 0 Å². The van der Waals surface area contributed by atoms with E-state index in [1.165, 1.54) is 38.6 Å². The zero-order valence-electron chi connectivity index (χ0n) is 11.6. The molecule has 3 heteroatoms. The molecule has 0 bridgehead atoms. The van der Waals surface area contributed by atoms with E-state index in [0.29, 0.717) is 0 Å². The van der Waals surface area contributed by atoms with E-state index in [-0.39, 0.29) is 6.10 Å². The van der Waals surface area contributed by atoms with Gasteiger partial charge in [-0.1, -0.05) is 26.7 Å². The molecule has 1 rings (SSSR count). The Balaban J connectivity index is 2.25. The van der Waals surface area contributed by atoms with Crippen LogP contribution in [0.2, 0.25) is 0 Å². The van der Waals surface area contributed by atoms with Gasteiger partial charge >= 0.3 is 0 Å². The van der Waals surface area contributed by atoms with Crippen molar-refractivity contribution in [3.63, 3.8) is 0 Å². The maximum Gasteiger partial charge on any atom is 0.0791 e. The molecule has 0 aliphatic carbocycles. The zero-order chi connectivity index (χ0) is 12.5. The van der Waals surface area contributed by atoms with Gasteiger partial charge in [0.1, 0.15) is 0 Å². The molecule has 0 radical (unpaired) electrons. The van der Waals surface area contributed by atoms with Crippen LogP contribution in [0.15, 0.2) is 0 Å². The van der Waals surface area contributed by atoms with Gasteiger partial charge in [0.15, 0.2) is 0 Å². The molecule has 2 N–H and O–H groups in total. The van der Waals surface area contributed by atoms with Crippen LogP contribution in [-0.2, 0) is 0 Å². The van der Waals surface area contributed by atoms with Crippen molar-refractivity contribution in [1.29, 1.82) is 0 Å². The van der Waals surface area contributed by atoms with Gasteiger partial charge < -0.3 is 10.4 Å². The number of aliphatic hydroxyl groups excluding tert-OH is 1. The molecule has 1 aliphatic rings. The van der Waals surface area contributed by atoms with Gasteiger partial charge in [0.05, 0.1) is 6.10 Å². The van der Waals surface area contributed by atoms with Gasteiger partial charge in [0.2, 0.25) is 0 Å². The van der Waals surface area contributed by atoms with E-state index < -0.39 is 0 Å². The van der Waals surface area contributed by atoms with Crippen molar-refractivity contribution in [3.05, 3.63) is 0 Å². The minimum atomic E-state index is -0.209. The van der Waals surface area contributed by atoms with Crippen molar-refractivity contribution < 1.29 is 5.11 Å². The van der Waals surface area contributed by atoms with Crippen molar-refractivity contribution in [3.8, 4) is 0 Å². The highest BCUT2D eigenvalue weighted by Crippen LogP contribution is 2.20. The smallest absolute Gasteiger partial charge is 0.0791 e. The van der Waals surface area contributed by atoms with Crippen LogP contribution in [0.25, 0.3) is 0 Å². The molecule has 2 atom stereocenters. The van der Waals surface area contributed by atoms with Crippen LogP contribution in [0.3, 0.4) is 0 Å². The normalized spacial score (nSPS) is 23.8. The third kappa shape index (κ3) is 5.84. The van der Waals surface area contributed by atoms with Gasteiger partial charge in [-0.15, -0.1) is 0 Å². The lowest BCUT2D eigenvalue weighted by atomic mass is 9.98. The van der Waals surface area contributed by atoms with E-state index in [1.54, 1.807) is 0 Å². The van der Waals surface area contributed by atoms with Crippen LogP contribution >= 0.6 is 0 Å². The molecule has 0 aromatic rings. The van der Waals surface area contributed by atoms with Crippen LogP contribution in [0.4, 0.5) is 0 Å². The lowest BCUT2D eigenvalue weighted by molar-refractivity contribution is 0.0638. The van der Waals surface area contributed by atoms with Crippen LogP contribution in [-0.4, -0.2) is 48.3 Å². The maximum atomic E-state index is 10.0. The number of rotatable bonds is 8. The van der Waals surface area contributed by atoms with Gasteiger partial charge in [-0.2, -0.15) is 0 Å². The fraction of sp³-hybridized carbons (Fsp3) is 1.00. The Bertz CT molecular complexity index is 185. The predicted molar refractivity (Wildman–Crippen MR) is 73.3 cm³/mol. The molecule has 1 heterocycles. The van der Waals surface area contributed by atoms with Crippen molar-refractivity contribution in [2.75, 3.05) is 26.2 Å². The van der Waals surface area contributed by atoms with Gasteiger partial charge in [0, 0.05) is 19.1 Å². The highest BCUT2D eigenvalue weighted by Gasteiger charge is 2.23. The molecule has 0 aromatic heterocycles. The summed E-state index contributed by atoms with van der Waals surface area (Å²) in [5, 5.41) is 13.3. The quantitative estimate of drug-likeness (QED) is 0.639. The molecule has 1 saturated heterocycles. The molecule has 0 saturated carbocycles. The second kappa shape index (κ2) is 8.90. The lowest BCUT2D eigenvalue weighted by Gasteiger charge is -2.37. The summed E-state index contributed by atoms with van der Waals surface area (Å²) < 4.78 is 0. The number of nitrogens with one attached hydrogen (secondary N) is 1. The van der Waals surface area contributed by atoms with Crippen LogP contribution < -0.4 is 5.32 Å². The molecule has 3 nitrogen and oxygen atoms in total. The molecule has 1 fully saturated rings. The second-order valence-corrected chi connectivity index (χ2v) is 5.29. The number of likely N-dealkylation sites (tertiary alicyclic amines) is 1. The molecule has 2 unspecified atom stereocenters. The van der Waals surface area contributed by atoms with Gasteiger partial charge in [0.25, 0.3) is 0 Å². The topological polar surface area (TPSA) is 35.5 Å². The monoisotopic (exact) mass is 242 g/mol. The molecule has 1 aliphatic heterocycles. The molecular formula is C14H30N2O. The summed E-state index contributed by atoms with van der Waals surface area (Å²) in [6.45, 7) is 8.18. The first kappa shape index (κ1) is 14.9. The molecule has 17 heavy (non-hydrogen) atoms. The van der Waals surface area contributed by atoms with E-state index in [4.69, 9.17) is 0 Å². The number of aliphatic hydroxyl groups is 1. The summed E-state index contributed by atoms with van der Waals surface area (Å²) in [5.74, 6) is 0. The van der Waals surface area contributed by atoms with Crippen molar-refractivity contribution in [2.24, 2.45) is 0 Å². The van der Waals surface area contributed by atoms with E-state index >= 15 is 0 Å². The van der Waals surface area contributed by atoms with E-state index in [2.05, 4.69) is 24.1 Å². The molecule has 0 amide bonds. The maximum absolute atomic E-state index is 10.0. The highest BCUT2D eigenvalue weighted by molar-refractivity contribution is 4.79. The minimum Gasteiger partial charge on any atom is -0.390 e. The van der Waals surface area contributed by atoms with E-state index in [9.17, 15) is 5.11 Å². The Morgan fingerprint density at radius 1 is 1.29 bits per heavy atom. The van der Waals surface area contributed by atoms with Crippen molar-refractivity contribution >= 4 is 0 Å². The zero-order valence-corrected chi connectivity index (χ0v) is 11.6. The first-order valence-corrected chi connectivity index (χ1v) is 7.40. The standard InChI is InChI=1S/C14H30N2O/c1-3-7-13-8-5-6-10-16(13)12-14(17)11-15-9-4-2/h13-15,17H,3-12H2,1-2H3. The van der Waals surface area contributed by atoms with Gasteiger partial charge in [-0.05, 0) is 38.8 Å². The number of nitrogens with zero attached hydrogens (tertiary/aromatic N) is 1. The number of piperidine rings is 1. The van der Waals surface area contributed by atoms with Crippen LogP contribution in [0.1, 0.15) is 52.4 Å². The van der Waals surface area contributed by atoms with E-state index in [0.717, 1.165) is 32.1 Å². The number of β-amino-alcohol motifs (C(OH)–C–C–N with tert-alkyl or cyclic N) is 1. The summed E-state index contributed by atoms with van der Waals surface area (Å²) in [6.07, 6.45) is 7.46. The Labute approximate surface area is 107 Å². The number of hydrogen-bond donors (Lipinski definition) is 2. The Kier molecular flexibility index (Phi) is 7.82. The SMILES string of the molecule is CCCNCC(O)CN1CCCCC1CCC. The van der Waals surface area contributed by atoms with Crippen molar-refractivity contribution in [1.82, 2.24) is 10.2 Å². The first-order chi connectivity index (χ1) is 8.27. The van der Waals surface area contributed by atoms with Gasteiger partial charge in [-0.3, -0.25) is 4.90 Å².